The first-order chi connectivity index (χ1) is 12.0. The van der Waals surface area contributed by atoms with E-state index in [1.54, 1.807) is 12.1 Å². The largest absolute Gasteiger partial charge is 0.478 e. The van der Waals surface area contributed by atoms with Gasteiger partial charge in [-0.2, -0.15) is 0 Å². The summed E-state index contributed by atoms with van der Waals surface area (Å²) in [5.41, 5.74) is 1.81. The van der Waals surface area contributed by atoms with Crippen LogP contribution in [0.5, 0.6) is 0 Å². The van der Waals surface area contributed by atoms with Gasteiger partial charge >= 0.3 is 5.97 Å². The third-order valence-electron chi connectivity index (χ3n) is 5.64. The first-order valence-electron chi connectivity index (χ1n) is 9.30. The van der Waals surface area contributed by atoms with Crippen LogP contribution in [-0.2, 0) is 14.6 Å². The van der Waals surface area contributed by atoms with Gasteiger partial charge in [-0.15, -0.1) is 0 Å². The highest BCUT2D eigenvalue weighted by Crippen LogP contribution is 2.46. The summed E-state index contributed by atoms with van der Waals surface area (Å²) in [5, 5.41) is 9.44. The molecule has 0 amide bonds. The number of hydrogen-bond donors (Lipinski definition) is 1. The summed E-state index contributed by atoms with van der Waals surface area (Å²) in [6.07, 6.45) is 9.75. The Labute approximate surface area is 148 Å². The smallest absolute Gasteiger partial charge is 0.335 e. The summed E-state index contributed by atoms with van der Waals surface area (Å²) >= 11 is 0. The number of carboxylic acids is 1. The molecule has 1 aromatic rings. The zero-order valence-electron chi connectivity index (χ0n) is 14.3. The minimum atomic E-state index is -3.25. The maximum absolute atomic E-state index is 12.7. The number of hydrogen-bond acceptors (Lipinski definition) is 3. The maximum Gasteiger partial charge on any atom is 0.335 e. The molecule has 0 bridgehead atoms. The molecule has 5 heteroatoms. The standard InChI is InChI=1S/C20H24O4S/c21-20(22)18(11-13-3-1-2-4-13)15-7-10-19(17(12-15)14-5-6-14)25(23,24)16-8-9-16/h7,10-14,16H,1-6,8-9H2,(H,21,22). The second-order valence-corrected chi connectivity index (χ2v) is 9.90. The van der Waals surface area contributed by atoms with Gasteiger partial charge in [-0.3, -0.25) is 0 Å². The van der Waals surface area contributed by atoms with E-state index >= 15 is 0 Å². The number of benzene rings is 1. The van der Waals surface area contributed by atoms with E-state index in [0.29, 0.717) is 21.9 Å². The molecule has 3 saturated carbocycles. The Morgan fingerprint density at radius 3 is 2.28 bits per heavy atom. The molecule has 0 atom stereocenters. The van der Waals surface area contributed by atoms with E-state index < -0.39 is 15.8 Å². The monoisotopic (exact) mass is 360 g/mol. The first kappa shape index (κ1) is 16.8. The average Bonchev–Trinajstić information content (AvgIpc) is 3.49. The predicted octanol–water partition coefficient (Wildman–Crippen LogP) is 4.16. The SMILES string of the molecule is O=C(O)C(=CC1CCCC1)c1ccc(S(=O)(=O)C2CC2)c(C2CC2)c1. The molecule has 134 valence electrons. The fourth-order valence-corrected chi connectivity index (χ4v) is 5.82. The Hall–Kier alpha value is -1.62. The van der Waals surface area contributed by atoms with Crippen LogP contribution in [0, 0.1) is 5.92 Å². The zero-order valence-corrected chi connectivity index (χ0v) is 15.1. The zero-order chi connectivity index (χ0) is 17.6. The molecule has 0 radical (unpaired) electrons. The highest BCUT2D eigenvalue weighted by Gasteiger charge is 2.40. The van der Waals surface area contributed by atoms with Crippen molar-refractivity contribution in [2.45, 2.75) is 67.4 Å². The van der Waals surface area contributed by atoms with Gasteiger partial charge < -0.3 is 5.11 Å². The van der Waals surface area contributed by atoms with Crippen LogP contribution < -0.4 is 0 Å². The molecule has 0 aromatic heterocycles. The minimum absolute atomic E-state index is 0.233. The lowest BCUT2D eigenvalue weighted by molar-refractivity contribution is -0.130. The van der Waals surface area contributed by atoms with Gasteiger partial charge in [0.2, 0.25) is 0 Å². The fraction of sp³-hybridized carbons (Fsp3) is 0.550. The van der Waals surface area contributed by atoms with Crippen LogP contribution in [0.15, 0.2) is 29.2 Å². The molecule has 4 rings (SSSR count). The Kier molecular flexibility index (Phi) is 4.22. The van der Waals surface area contributed by atoms with Crippen molar-refractivity contribution in [2.75, 3.05) is 0 Å². The summed E-state index contributed by atoms with van der Waals surface area (Å²) in [5.74, 6) is -0.332. The molecule has 0 spiro atoms. The van der Waals surface area contributed by atoms with Crippen molar-refractivity contribution < 1.29 is 18.3 Å². The number of aliphatic carboxylic acids is 1. The summed E-state index contributed by atoms with van der Waals surface area (Å²) < 4.78 is 25.4. The molecule has 4 nitrogen and oxygen atoms in total. The molecular weight excluding hydrogens is 336 g/mol. The minimum Gasteiger partial charge on any atom is -0.478 e. The van der Waals surface area contributed by atoms with Crippen LogP contribution in [-0.4, -0.2) is 24.7 Å². The van der Waals surface area contributed by atoms with E-state index in [2.05, 4.69) is 0 Å². The summed E-state index contributed by atoms with van der Waals surface area (Å²) in [4.78, 5) is 12.2. The number of carbonyl (C=O) groups is 1. The van der Waals surface area contributed by atoms with Gasteiger partial charge in [0, 0.05) is 0 Å². The molecule has 0 unspecified atom stereocenters. The van der Waals surface area contributed by atoms with E-state index in [4.69, 9.17) is 0 Å². The van der Waals surface area contributed by atoms with Crippen molar-refractivity contribution in [1.29, 1.82) is 0 Å². The molecular formula is C20H24O4S. The molecule has 0 saturated heterocycles. The van der Waals surface area contributed by atoms with Gasteiger partial charge in [-0.05, 0) is 73.6 Å². The highest BCUT2D eigenvalue weighted by atomic mass is 32.2. The van der Waals surface area contributed by atoms with Crippen molar-refractivity contribution in [1.82, 2.24) is 0 Å². The van der Waals surface area contributed by atoms with Crippen molar-refractivity contribution in [3.8, 4) is 0 Å². The van der Waals surface area contributed by atoms with Crippen LogP contribution >= 0.6 is 0 Å². The molecule has 25 heavy (non-hydrogen) atoms. The van der Waals surface area contributed by atoms with Gasteiger partial charge in [0.25, 0.3) is 0 Å². The first-order valence-corrected chi connectivity index (χ1v) is 10.8. The quantitative estimate of drug-likeness (QED) is 0.773. The van der Waals surface area contributed by atoms with E-state index in [0.717, 1.165) is 56.9 Å². The van der Waals surface area contributed by atoms with Gasteiger partial charge in [-0.1, -0.05) is 25.0 Å². The third kappa shape index (κ3) is 3.39. The fourth-order valence-electron chi connectivity index (χ4n) is 3.90. The van der Waals surface area contributed by atoms with Gasteiger partial charge in [0.1, 0.15) is 0 Å². The van der Waals surface area contributed by atoms with Crippen molar-refractivity contribution in [3.05, 3.63) is 35.4 Å². The molecule has 3 aliphatic rings. The molecule has 3 aliphatic carbocycles. The number of rotatable bonds is 6. The third-order valence-corrected chi connectivity index (χ3v) is 7.97. The van der Waals surface area contributed by atoms with Crippen molar-refractivity contribution >= 4 is 21.4 Å². The lowest BCUT2D eigenvalue weighted by Gasteiger charge is -2.13. The van der Waals surface area contributed by atoms with Crippen LogP contribution in [0.25, 0.3) is 5.57 Å². The van der Waals surface area contributed by atoms with Crippen molar-refractivity contribution in [3.63, 3.8) is 0 Å². The average molecular weight is 360 g/mol. The van der Waals surface area contributed by atoms with Gasteiger partial charge in [-0.25, -0.2) is 13.2 Å². The molecule has 3 fully saturated rings. The highest BCUT2D eigenvalue weighted by molar-refractivity contribution is 7.92. The lowest BCUT2D eigenvalue weighted by atomic mass is 9.96. The predicted molar refractivity (Wildman–Crippen MR) is 96.2 cm³/mol. The van der Waals surface area contributed by atoms with Crippen LogP contribution in [0.3, 0.4) is 0 Å². The Morgan fingerprint density at radius 1 is 1.04 bits per heavy atom. The lowest BCUT2D eigenvalue weighted by Crippen LogP contribution is -2.11. The molecule has 0 heterocycles. The number of allylic oxidation sites excluding steroid dienone is 1. The molecule has 1 aromatic carbocycles. The Morgan fingerprint density at radius 2 is 1.72 bits per heavy atom. The van der Waals surface area contributed by atoms with E-state index in [9.17, 15) is 18.3 Å². The normalized spacial score (nSPS) is 22.3. The van der Waals surface area contributed by atoms with E-state index in [1.165, 1.54) is 0 Å². The second-order valence-electron chi connectivity index (χ2n) is 7.70. The summed E-state index contributed by atoms with van der Waals surface area (Å²) in [7, 11) is -3.25. The molecule has 0 aliphatic heterocycles. The van der Waals surface area contributed by atoms with Crippen molar-refractivity contribution in [2.24, 2.45) is 5.92 Å². The van der Waals surface area contributed by atoms with Crippen LogP contribution in [0.1, 0.15) is 68.4 Å². The number of sulfone groups is 1. The van der Waals surface area contributed by atoms with E-state index in [1.807, 2.05) is 12.1 Å². The Balaban J connectivity index is 1.75. The second kappa shape index (κ2) is 6.27. The topological polar surface area (TPSA) is 71.4 Å². The maximum atomic E-state index is 12.7. The van der Waals surface area contributed by atoms with Crippen LogP contribution in [0.4, 0.5) is 0 Å². The van der Waals surface area contributed by atoms with Gasteiger partial charge in [0.05, 0.1) is 15.7 Å². The molecule has 1 N–H and O–H groups in total. The van der Waals surface area contributed by atoms with E-state index in [-0.39, 0.29) is 11.2 Å². The summed E-state index contributed by atoms with van der Waals surface area (Å²) in [6.45, 7) is 0. The van der Waals surface area contributed by atoms with Gasteiger partial charge in [0.15, 0.2) is 9.84 Å². The summed E-state index contributed by atoms with van der Waals surface area (Å²) in [6, 6.07) is 5.18. The van der Waals surface area contributed by atoms with Crippen LogP contribution in [0.2, 0.25) is 0 Å². The Bertz CT molecular complexity index is 823. The number of carboxylic acid groups (broad SMARTS) is 1.